The van der Waals surface area contributed by atoms with Gasteiger partial charge in [-0.3, -0.25) is 10.1 Å². The van der Waals surface area contributed by atoms with Gasteiger partial charge in [0.25, 0.3) is 0 Å². The zero-order valence-electron chi connectivity index (χ0n) is 18.0. The zero-order valence-corrected chi connectivity index (χ0v) is 19.7. The van der Waals surface area contributed by atoms with Crippen LogP contribution < -0.4 is 10.6 Å². The van der Waals surface area contributed by atoms with Crippen LogP contribution >= 0.6 is 11.3 Å². The number of sulfone groups is 1. The average Bonchev–Trinajstić information content (AvgIpc) is 3.11. The first-order valence-corrected chi connectivity index (χ1v) is 12.7. The standard InChI is InChI=1S/C23H23N3O5S2/c1-15(27)24-22-26-20(13-7-16-3-9-18(10-4-16)25-23(28)29)21(32-22)14-8-17-5-11-19(12-6-17)33(2,30)31/h3-6,8-12,14,25H,7,13H2,1-2H3,(H,28,29)(H,24,26,27)/b14-8+. The molecule has 3 aromatic rings. The van der Waals surface area contributed by atoms with E-state index in [0.29, 0.717) is 23.7 Å². The molecule has 3 rings (SSSR count). The highest BCUT2D eigenvalue weighted by molar-refractivity contribution is 7.90. The van der Waals surface area contributed by atoms with Gasteiger partial charge in [0.2, 0.25) is 5.91 Å². The van der Waals surface area contributed by atoms with E-state index < -0.39 is 15.9 Å². The number of benzene rings is 2. The van der Waals surface area contributed by atoms with Crippen LogP contribution in [0.5, 0.6) is 0 Å². The molecule has 0 spiro atoms. The minimum absolute atomic E-state index is 0.205. The molecule has 0 unspecified atom stereocenters. The van der Waals surface area contributed by atoms with Crippen molar-refractivity contribution in [3.8, 4) is 0 Å². The number of hydrogen-bond acceptors (Lipinski definition) is 6. The summed E-state index contributed by atoms with van der Waals surface area (Å²) in [6.07, 6.45) is 5.12. The number of aryl methyl sites for hydroxylation is 2. The maximum atomic E-state index is 11.6. The van der Waals surface area contributed by atoms with E-state index in [1.807, 2.05) is 24.3 Å². The highest BCUT2D eigenvalue weighted by Gasteiger charge is 2.11. The number of anilines is 2. The number of hydrogen-bond donors (Lipinski definition) is 3. The molecule has 10 heteroatoms. The predicted octanol–water partition coefficient (Wildman–Crippen LogP) is 4.55. The van der Waals surface area contributed by atoms with Gasteiger partial charge in [-0.05, 0) is 54.3 Å². The zero-order chi connectivity index (χ0) is 24.0. The van der Waals surface area contributed by atoms with E-state index in [1.165, 1.54) is 24.5 Å². The van der Waals surface area contributed by atoms with Crippen molar-refractivity contribution in [2.24, 2.45) is 0 Å². The van der Waals surface area contributed by atoms with Crippen molar-refractivity contribution in [1.82, 2.24) is 4.98 Å². The van der Waals surface area contributed by atoms with E-state index in [2.05, 4.69) is 15.6 Å². The molecule has 3 N–H and O–H groups in total. The van der Waals surface area contributed by atoms with Crippen LogP contribution in [-0.2, 0) is 27.5 Å². The fourth-order valence-corrected chi connectivity index (χ4v) is 4.61. The van der Waals surface area contributed by atoms with Crippen molar-refractivity contribution in [3.63, 3.8) is 0 Å². The smallest absolute Gasteiger partial charge is 0.409 e. The number of carboxylic acid groups (broad SMARTS) is 1. The lowest BCUT2D eigenvalue weighted by molar-refractivity contribution is -0.114. The van der Waals surface area contributed by atoms with E-state index in [1.54, 1.807) is 36.4 Å². The van der Waals surface area contributed by atoms with Crippen LogP contribution in [0, 0.1) is 0 Å². The summed E-state index contributed by atoms with van der Waals surface area (Å²) in [4.78, 5) is 27.9. The first-order valence-electron chi connectivity index (χ1n) is 9.94. The summed E-state index contributed by atoms with van der Waals surface area (Å²) in [6, 6.07) is 13.7. The number of carbonyl (C=O) groups excluding carboxylic acids is 1. The molecule has 0 aliphatic carbocycles. The number of aromatic nitrogens is 1. The Morgan fingerprint density at radius 1 is 1.00 bits per heavy atom. The van der Waals surface area contributed by atoms with Gasteiger partial charge in [-0.2, -0.15) is 0 Å². The van der Waals surface area contributed by atoms with Crippen LogP contribution in [0.2, 0.25) is 0 Å². The summed E-state index contributed by atoms with van der Waals surface area (Å²) in [6.45, 7) is 1.42. The Hall–Kier alpha value is -3.50. The quantitative estimate of drug-likeness (QED) is 0.430. The second kappa shape index (κ2) is 10.4. The third-order valence-electron chi connectivity index (χ3n) is 4.60. The summed E-state index contributed by atoms with van der Waals surface area (Å²) < 4.78 is 23.2. The molecule has 0 aliphatic heterocycles. The van der Waals surface area contributed by atoms with Crippen molar-refractivity contribution in [2.75, 3.05) is 16.9 Å². The maximum Gasteiger partial charge on any atom is 0.409 e. The van der Waals surface area contributed by atoms with Crippen molar-refractivity contribution in [3.05, 3.63) is 70.2 Å². The lowest BCUT2D eigenvalue weighted by Crippen LogP contribution is -2.07. The van der Waals surface area contributed by atoms with Crippen LogP contribution in [0.25, 0.3) is 12.2 Å². The van der Waals surface area contributed by atoms with Crippen LogP contribution in [0.4, 0.5) is 15.6 Å². The third kappa shape index (κ3) is 7.26. The number of nitrogens with zero attached hydrogens (tertiary/aromatic N) is 1. The Kier molecular flexibility index (Phi) is 7.62. The van der Waals surface area contributed by atoms with Crippen LogP contribution in [0.3, 0.4) is 0 Å². The minimum atomic E-state index is -3.25. The van der Waals surface area contributed by atoms with Gasteiger partial charge in [-0.25, -0.2) is 18.2 Å². The van der Waals surface area contributed by atoms with Crippen molar-refractivity contribution in [1.29, 1.82) is 0 Å². The van der Waals surface area contributed by atoms with Crippen molar-refractivity contribution >= 4 is 56.1 Å². The summed E-state index contributed by atoms with van der Waals surface area (Å²) in [5.41, 5.74) is 3.18. The fourth-order valence-electron chi connectivity index (χ4n) is 3.02. The van der Waals surface area contributed by atoms with Gasteiger partial charge in [0.15, 0.2) is 15.0 Å². The Bertz CT molecular complexity index is 1280. The van der Waals surface area contributed by atoms with Crippen molar-refractivity contribution < 1.29 is 23.1 Å². The summed E-state index contributed by atoms with van der Waals surface area (Å²) in [5, 5.41) is 14.3. The molecule has 172 valence electrons. The molecule has 0 bridgehead atoms. The molecule has 0 fully saturated rings. The lowest BCUT2D eigenvalue weighted by atomic mass is 10.1. The molecule has 0 radical (unpaired) electrons. The molecule has 0 saturated carbocycles. The molecule has 2 amide bonds. The van der Waals surface area contributed by atoms with E-state index in [0.717, 1.165) is 21.7 Å². The normalized spacial score (nSPS) is 11.5. The fraction of sp³-hybridized carbons (Fsp3) is 0.174. The predicted molar refractivity (Wildman–Crippen MR) is 130 cm³/mol. The van der Waals surface area contributed by atoms with Gasteiger partial charge in [0.1, 0.15) is 0 Å². The molecule has 1 heterocycles. The second-order valence-electron chi connectivity index (χ2n) is 7.31. The molecule has 0 saturated heterocycles. The van der Waals surface area contributed by atoms with Gasteiger partial charge < -0.3 is 10.4 Å². The summed E-state index contributed by atoms with van der Waals surface area (Å²) in [7, 11) is -3.25. The largest absolute Gasteiger partial charge is 0.465 e. The molecule has 33 heavy (non-hydrogen) atoms. The topological polar surface area (TPSA) is 125 Å². The number of nitrogens with one attached hydrogen (secondary N) is 2. The average molecular weight is 486 g/mol. The van der Waals surface area contributed by atoms with Crippen LogP contribution in [0.15, 0.2) is 53.4 Å². The van der Waals surface area contributed by atoms with E-state index >= 15 is 0 Å². The van der Waals surface area contributed by atoms with Gasteiger partial charge in [-0.15, -0.1) is 0 Å². The molecular weight excluding hydrogens is 462 g/mol. The number of carbonyl (C=O) groups is 2. The number of amides is 2. The Morgan fingerprint density at radius 2 is 1.67 bits per heavy atom. The molecule has 2 aromatic carbocycles. The van der Waals surface area contributed by atoms with Crippen molar-refractivity contribution in [2.45, 2.75) is 24.7 Å². The first-order chi connectivity index (χ1) is 15.6. The Labute approximate surface area is 195 Å². The summed E-state index contributed by atoms with van der Waals surface area (Å²) >= 11 is 1.36. The van der Waals surface area contributed by atoms with Gasteiger partial charge in [0.05, 0.1) is 15.5 Å². The van der Waals surface area contributed by atoms with Gasteiger partial charge in [-0.1, -0.05) is 41.7 Å². The second-order valence-corrected chi connectivity index (χ2v) is 10.4. The molecule has 8 nitrogen and oxygen atoms in total. The highest BCUT2D eigenvalue weighted by atomic mass is 32.2. The monoisotopic (exact) mass is 485 g/mol. The minimum Gasteiger partial charge on any atom is -0.465 e. The molecule has 0 aliphatic rings. The van der Waals surface area contributed by atoms with E-state index in [9.17, 15) is 18.0 Å². The first kappa shape index (κ1) is 24.1. The molecule has 1 aromatic heterocycles. The highest BCUT2D eigenvalue weighted by Crippen LogP contribution is 2.27. The Balaban J connectivity index is 1.77. The Morgan fingerprint density at radius 3 is 2.24 bits per heavy atom. The summed E-state index contributed by atoms with van der Waals surface area (Å²) in [5.74, 6) is -0.205. The molecule has 0 atom stereocenters. The van der Waals surface area contributed by atoms with Crippen LogP contribution in [0.1, 0.15) is 28.6 Å². The van der Waals surface area contributed by atoms with Crippen LogP contribution in [-0.4, -0.2) is 36.8 Å². The van der Waals surface area contributed by atoms with E-state index in [4.69, 9.17) is 5.11 Å². The van der Waals surface area contributed by atoms with Gasteiger partial charge in [0, 0.05) is 18.9 Å². The maximum absolute atomic E-state index is 11.6. The van der Waals surface area contributed by atoms with Gasteiger partial charge >= 0.3 is 6.09 Å². The number of rotatable bonds is 8. The molecular formula is C23H23N3O5S2. The van der Waals surface area contributed by atoms with E-state index in [-0.39, 0.29) is 10.8 Å². The number of thiazole rings is 1. The SMILES string of the molecule is CC(=O)Nc1nc(CCc2ccc(NC(=O)O)cc2)c(/C=C/c2ccc(S(C)(=O)=O)cc2)s1. The lowest BCUT2D eigenvalue weighted by Gasteiger charge is -2.04. The third-order valence-corrected chi connectivity index (χ3v) is 6.71.